The molecule has 1 saturated carbocycles. The Morgan fingerprint density at radius 1 is 1.12 bits per heavy atom. The third-order valence-electron chi connectivity index (χ3n) is 7.27. The van der Waals surface area contributed by atoms with E-state index < -0.39 is 11.9 Å². The number of nitrogens with one attached hydrogen (secondary N) is 2. The standard InChI is InChI=1S/C28H30ClN5O6/c1-2-14-39-28(38)24-22-19(11-12-30-24)40-25(27(37)32-20-10-7-17(29)15-31-20)23(22)33-26(36)16-5-8-18(9-6-16)34-13-3-4-21(34)35/h7,10-12,15-16,18H,2-6,8-9,13-14H2,1H3,(H,33,36)(H,31,32,37). The predicted octanol–water partition coefficient (Wildman–Crippen LogP) is 4.82. The zero-order chi connectivity index (χ0) is 28.2. The normalized spacial score (nSPS) is 19.1. The van der Waals surface area contributed by atoms with Crippen LogP contribution in [0.4, 0.5) is 11.5 Å². The number of aromatic nitrogens is 2. The summed E-state index contributed by atoms with van der Waals surface area (Å²) in [5.74, 6) is -1.80. The summed E-state index contributed by atoms with van der Waals surface area (Å²) in [7, 11) is 0. The second-order valence-corrected chi connectivity index (χ2v) is 10.4. The lowest BCUT2D eigenvalue weighted by atomic mass is 9.84. The van der Waals surface area contributed by atoms with Crippen molar-refractivity contribution in [3.8, 4) is 0 Å². The van der Waals surface area contributed by atoms with Gasteiger partial charge in [-0.25, -0.2) is 14.8 Å². The van der Waals surface area contributed by atoms with Crippen LogP contribution in [0.25, 0.3) is 11.0 Å². The summed E-state index contributed by atoms with van der Waals surface area (Å²) in [5, 5.41) is 6.08. The highest BCUT2D eigenvalue weighted by Gasteiger charge is 2.35. The number of pyridine rings is 2. The highest BCUT2D eigenvalue weighted by molar-refractivity contribution is 6.30. The summed E-state index contributed by atoms with van der Waals surface area (Å²) in [6, 6.07) is 4.76. The highest BCUT2D eigenvalue weighted by atomic mass is 35.5. The molecule has 4 heterocycles. The van der Waals surface area contributed by atoms with Gasteiger partial charge in [-0.3, -0.25) is 14.4 Å². The summed E-state index contributed by atoms with van der Waals surface area (Å²) in [4.78, 5) is 62.0. The molecule has 2 fully saturated rings. The highest BCUT2D eigenvalue weighted by Crippen LogP contribution is 2.36. The van der Waals surface area contributed by atoms with E-state index in [0.29, 0.717) is 30.7 Å². The predicted molar refractivity (Wildman–Crippen MR) is 147 cm³/mol. The van der Waals surface area contributed by atoms with Gasteiger partial charge in [0.1, 0.15) is 17.1 Å². The van der Waals surface area contributed by atoms with Crippen LogP contribution in [0.3, 0.4) is 0 Å². The van der Waals surface area contributed by atoms with Crippen LogP contribution in [0, 0.1) is 5.92 Å². The van der Waals surface area contributed by atoms with Gasteiger partial charge in [0, 0.05) is 37.3 Å². The van der Waals surface area contributed by atoms with Crippen LogP contribution >= 0.6 is 11.6 Å². The molecule has 1 saturated heterocycles. The Kier molecular flexibility index (Phi) is 8.29. The lowest BCUT2D eigenvalue weighted by Crippen LogP contribution is -2.40. The Balaban J connectivity index is 1.42. The van der Waals surface area contributed by atoms with E-state index in [2.05, 4.69) is 20.6 Å². The first-order valence-electron chi connectivity index (χ1n) is 13.5. The number of carbonyl (C=O) groups is 4. The Labute approximate surface area is 235 Å². The molecule has 1 aliphatic heterocycles. The summed E-state index contributed by atoms with van der Waals surface area (Å²) < 4.78 is 11.2. The van der Waals surface area contributed by atoms with Crippen LogP contribution in [0.1, 0.15) is 72.9 Å². The number of rotatable bonds is 8. The van der Waals surface area contributed by atoms with E-state index in [0.717, 1.165) is 25.8 Å². The molecule has 3 aromatic heterocycles. The van der Waals surface area contributed by atoms with E-state index in [-0.39, 0.29) is 64.3 Å². The maximum atomic E-state index is 13.5. The molecule has 3 amide bonds. The molecular formula is C28H30ClN5O6. The number of halogens is 1. The van der Waals surface area contributed by atoms with Gasteiger partial charge in [0.2, 0.25) is 17.6 Å². The summed E-state index contributed by atoms with van der Waals surface area (Å²) >= 11 is 5.90. The molecule has 210 valence electrons. The molecule has 12 heteroatoms. The number of furan rings is 1. The van der Waals surface area contributed by atoms with Crippen LogP contribution < -0.4 is 10.6 Å². The van der Waals surface area contributed by atoms with Crippen molar-refractivity contribution in [2.45, 2.75) is 57.9 Å². The number of carbonyl (C=O) groups excluding carboxylic acids is 4. The van der Waals surface area contributed by atoms with Gasteiger partial charge in [0.05, 0.1) is 17.0 Å². The molecule has 0 unspecified atom stereocenters. The Hall–Kier alpha value is -3.99. The summed E-state index contributed by atoms with van der Waals surface area (Å²) in [6.45, 7) is 2.83. The quantitative estimate of drug-likeness (QED) is 0.369. The van der Waals surface area contributed by atoms with Gasteiger partial charge in [0.15, 0.2) is 5.69 Å². The van der Waals surface area contributed by atoms with Crippen LogP contribution in [0.15, 0.2) is 35.0 Å². The molecule has 3 aromatic rings. The Bertz CT molecular complexity index is 1430. The lowest BCUT2D eigenvalue weighted by Gasteiger charge is -2.34. The molecule has 11 nitrogen and oxygen atoms in total. The van der Waals surface area contributed by atoms with Crippen LogP contribution in [0.2, 0.25) is 5.02 Å². The van der Waals surface area contributed by atoms with Crippen molar-refractivity contribution < 1.29 is 28.3 Å². The largest absolute Gasteiger partial charge is 0.461 e. The van der Waals surface area contributed by atoms with Gasteiger partial charge in [-0.15, -0.1) is 0 Å². The number of hydrogen-bond donors (Lipinski definition) is 2. The average molecular weight is 568 g/mol. The molecule has 0 aromatic carbocycles. The number of ether oxygens (including phenoxy) is 1. The fourth-order valence-corrected chi connectivity index (χ4v) is 5.41. The summed E-state index contributed by atoms with van der Waals surface area (Å²) in [6.07, 6.45) is 7.47. The van der Waals surface area contributed by atoms with E-state index in [4.69, 9.17) is 20.8 Å². The minimum absolute atomic E-state index is 0.0415. The van der Waals surface area contributed by atoms with Crippen LogP contribution in [-0.2, 0) is 14.3 Å². The van der Waals surface area contributed by atoms with Crippen LogP contribution in [0.5, 0.6) is 0 Å². The number of nitrogens with zero attached hydrogens (tertiary/aromatic N) is 3. The molecule has 40 heavy (non-hydrogen) atoms. The number of hydrogen-bond acceptors (Lipinski definition) is 8. The van der Waals surface area contributed by atoms with Gasteiger partial charge >= 0.3 is 5.97 Å². The first-order valence-corrected chi connectivity index (χ1v) is 13.8. The molecule has 0 atom stereocenters. The maximum absolute atomic E-state index is 13.5. The van der Waals surface area contributed by atoms with E-state index in [1.165, 1.54) is 24.5 Å². The second-order valence-electron chi connectivity index (χ2n) is 9.98. The Morgan fingerprint density at radius 2 is 1.93 bits per heavy atom. The van der Waals surface area contributed by atoms with Crippen molar-refractivity contribution in [1.29, 1.82) is 0 Å². The van der Waals surface area contributed by atoms with Gasteiger partial charge in [-0.2, -0.15) is 0 Å². The number of esters is 1. The molecule has 0 bridgehead atoms. The van der Waals surface area contributed by atoms with E-state index >= 15 is 0 Å². The van der Waals surface area contributed by atoms with Crippen molar-refractivity contribution >= 4 is 57.8 Å². The van der Waals surface area contributed by atoms with Crippen molar-refractivity contribution in [2.24, 2.45) is 5.92 Å². The number of amides is 3. The first-order chi connectivity index (χ1) is 19.4. The third-order valence-corrected chi connectivity index (χ3v) is 7.50. The summed E-state index contributed by atoms with van der Waals surface area (Å²) in [5.41, 5.74) is 0.170. The number of likely N-dealkylation sites (tertiary alicyclic amines) is 1. The molecule has 2 N–H and O–H groups in total. The Morgan fingerprint density at radius 3 is 2.60 bits per heavy atom. The minimum Gasteiger partial charge on any atom is -0.461 e. The maximum Gasteiger partial charge on any atom is 0.357 e. The third kappa shape index (κ3) is 5.79. The van der Waals surface area contributed by atoms with Gasteiger partial charge < -0.3 is 24.7 Å². The topological polar surface area (TPSA) is 144 Å². The van der Waals surface area contributed by atoms with Gasteiger partial charge in [-0.1, -0.05) is 18.5 Å². The van der Waals surface area contributed by atoms with E-state index in [1.54, 1.807) is 6.07 Å². The van der Waals surface area contributed by atoms with Crippen LogP contribution in [-0.4, -0.2) is 57.8 Å². The second kappa shape index (κ2) is 12.0. The van der Waals surface area contributed by atoms with Crippen molar-refractivity contribution in [3.05, 3.63) is 47.1 Å². The van der Waals surface area contributed by atoms with Gasteiger partial charge in [0.25, 0.3) is 5.91 Å². The smallest absolute Gasteiger partial charge is 0.357 e. The van der Waals surface area contributed by atoms with Crippen molar-refractivity contribution in [1.82, 2.24) is 14.9 Å². The van der Waals surface area contributed by atoms with Crippen molar-refractivity contribution in [2.75, 3.05) is 23.8 Å². The molecule has 5 rings (SSSR count). The molecule has 2 aliphatic rings. The monoisotopic (exact) mass is 567 g/mol. The average Bonchev–Trinajstić information content (AvgIpc) is 3.56. The molecule has 0 radical (unpaired) electrons. The fourth-order valence-electron chi connectivity index (χ4n) is 5.30. The van der Waals surface area contributed by atoms with Gasteiger partial charge in [-0.05, 0) is 56.7 Å². The zero-order valence-corrected chi connectivity index (χ0v) is 22.8. The van der Waals surface area contributed by atoms with E-state index in [9.17, 15) is 19.2 Å². The molecule has 1 aliphatic carbocycles. The first kappa shape index (κ1) is 27.6. The zero-order valence-electron chi connectivity index (χ0n) is 22.1. The SMILES string of the molecule is CCCOC(=O)c1nccc2oc(C(=O)Nc3ccc(Cl)cn3)c(NC(=O)C3CCC(N4CCCC4=O)CC3)c12. The van der Waals surface area contributed by atoms with Crippen molar-refractivity contribution in [3.63, 3.8) is 0 Å². The number of anilines is 2. The molecule has 0 spiro atoms. The lowest BCUT2D eigenvalue weighted by molar-refractivity contribution is -0.130. The molecular weight excluding hydrogens is 538 g/mol. The minimum atomic E-state index is -0.689. The fraction of sp³-hybridized carbons (Fsp3) is 0.429. The van der Waals surface area contributed by atoms with E-state index in [1.807, 2.05) is 11.8 Å². The number of fused-ring (bicyclic) bond motifs is 1.